The Balaban J connectivity index is 1.49. The lowest BCUT2D eigenvalue weighted by molar-refractivity contribution is -0.688. The Labute approximate surface area is 140 Å². The smallest absolute Gasteiger partial charge is 0.187 e. The van der Waals surface area contributed by atoms with Gasteiger partial charge in [0, 0.05) is 30.4 Å². The summed E-state index contributed by atoms with van der Waals surface area (Å²) >= 11 is 0. The Bertz CT molecular complexity index is 853. The van der Waals surface area contributed by atoms with E-state index in [4.69, 9.17) is 0 Å². The maximum absolute atomic E-state index is 12.4. The molecule has 4 nitrogen and oxygen atoms in total. The SMILES string of the molecule is O=C1c2cccn2CC1C(O)c1cc[n+](Cc2ccccc2)cc1. The fraction of sp³-hybridized carbons (Fsp3) is 0.200. The molecule has 0 radical (unpaired) electrons. The lowest BCUT2D eigenvalue weighted by atomic mass is 9.93. The first-order valence-electron chi connectivity index (χ1n) is 8.13. The molecule has 4 heteroatoms. The highest BCUT2D eigenvalue weighted by atomic mass is 16.3. The van der Waals surface area contributed by atoms with Gasteiger partial charge in [0.05, 0.1) is 17.7 Å². The minimum absolute atomic E-state index is 0.0218. The summed E-state index contributed by atoms with van der Waals surface area (Å²) in [7, 11) is 0. The summed E-state index contributed by atoms with van der Waals surface area (Å²) in [5, 5.41) is 10.6. The van der Waals surface area contributed by atoms with Gasteiger partial charge >= 0.3 is 0 Å². The molecule has 2 unspecified atom stereocenters. The van der Waals surface area contributed by atoms with Gasteiger partial charge in [-0.05, 0) is 17.7 Å². The number of hydrogen-bond donors (Lipinski definition) is 1. The molecule has 0 spiro atoms. The number of hydrogen-bond acceptors (Lipinski definition) is 2. The standard InChI is InChI=1S/C20H19N2O2/c23-19(17-14-22-10-4-7-18(22)20(17)24)16-8-11-21(12-9-16)13-15-5-2-1-3-6-15/h1-12,17,19,23H,13-14H2/q+1. The number of pyridine rings is 1. The van der Waals surface area contributed by atoms with E-state index in [-0.39, 0.29) is 5.78 Å². The second kappa shape index (κ2) is 6.06. The number of carbonyl (C=O) groups excluding carboxylic acids is 1. The third kappa shape index (κ3) is 2.65. The molecule has 1 aromatic carbocycles. The third-order valence-electron chi connectivity index (χ3n) is 4.66. The zero-order chi connectivity index (χ0) is 16.5. The highest BCUT2D eigenvalue weighted by molar-refractivity contribution is 5.98. The van der Waals surface area contributed by atoms with Crippen LogP contribution in [0, 0.1) is 5.92 Å². The van der Waals surface area contributed by atoms with Crippen molar-refractivity contribution in [2.45, 2.75) is 19.2 Å². The van der Waals surface area contributed by atoms with Crippen LogP contribution in [0.4, 0.5) is 0 Å². The highest BCUT2D eigenvalue weighted by Gasteiger charge is 2.36. The van der Waals surface area contributed by atoms with E-state index < -0.39 is 12.0 Å². The molecule has 2 aromatic heterocycles. The number of aliphatic hydroxyl groups is 1. The predicted molar refractivity (Wildman–Crippen MR) is 89.4 cm³/mol. The number of rotatable bonds is 4. The molecule has 24 heavy (non-hydrogen) atoms. The van der Waals surface area contributed by atoms with Crippen molar-refractivity contribution < 1.29 is 14.5 Å². The molecule has 2 atom stereocenters. The molecule has 0 saturated heterocycles. The van der Waals surface area contributed by atoms with Crippen LogP contribution in [-0.2, 0) is 13.1 Å². The molecular weight excluding hydrogens is 300 g/mol. The maximum Gasteiger partial charge on any atom is 0.187 e. The lowest BCUT2D eigenvalue weighted by Crippen LogP contribution is -2.33. The molecule has 0 aliphatic carbocycles. The van der Waals surface area contributed by atoms with Gasteiger partial charge in [0.15, 0.2) is 24.7 Å². The van der Waals surface area contributed by atoms with E-state index in [1.54, 1.807) is 0 Å². The molecule has 3 heterocycles. The van der Waals surface area contributed by atoms with Crippen molar-refractivity contribution >= 4 is 5.78 Å². The van der Waals surface area contributed by atoms with E-state index in [0.29, 0.717) is 12.2 Å². The summed E-state index contributed by atoms with van der Waals surface area (Å²) in [6, 6.07) is 17.7. The van der Waals surface area contributed by atoms with Crippen LogP contribution in [0.25, 0.3) is 0 Å². The Morgan fingerprint density at radius 3 is 2.54 bits per heavy atom. The number of aliphatic hydroxyl groups excluding tert-OH is 1. The summed E-state index contributed by atoms with van der Waals surface area (Å²) in [6.07, 6.45) is 5.01. The number of Topliss-reactive ketones (excluding diaryl/α,β-unsaturated/α-hetero) is 1. The summed E-state index contributed by atoms with van der Waals surface area (Å²) < 4.78 is 3.97. The number of carbonyl (C=O) groups is 1. The van der Waals surface area contributed by atoms with Crippen LogP contribution in [0.2, 0.25) is 0 Å². The number of fused-ring (bicyclic) bond motifs is 1. The van der Waals surface area contributed by atoms with Crippen LogP contribution in [0.1, 0.15) is 27.7 Å². The first kappa shape index (κ1) is 14.8. The van der Waals surface area contributed by atoms with Crippen molar-refractivity contribution in [2.24, 2.45) is 5.92 Å². The monoisotopic (exact) mass is 319 g/mol. The average Bonchev–Trinajstić information content (AvgIpc) is 3.19. The Morgan fingerprint density at radius 2 is 1.83 bits per heavy atom. The molecule has 1 aliphatic rings. The molecule has 0 fully saturated rings. The van der Waals surface area contributed by atoms with Crippen molar-refractivity contribution in [1.29, 1.82) is 0 Å². The molecule has 0 bridgehead atoms. The molecule has 0 saturated carbocycles. The molecule has 1 N–H and O–H groups in total. The largest absolute Gasteiger partial charge is 0.388 e. The number of benzene rings is 1. The Kier molecular flexibility index (Phi) is 3.75. The summed E-state index contributed by atoms with van der Waals surface area (Å²) in [6.45, 7) is 1.33. The highest BCUT2D eigenvalue weighted by Crippen LogP contribution is 2.31. The van der Waals surface area contributed by atoms with Gasteiger partial charge in [0.1, 0.15) is 0 Å². The molecule has 3 aromatic rings. The summed E-state index contributed by atoms with van der Waals surface area (Å²) in [4.78, 5) is 12.4. The number of ketones is 1. The topological polar surface area (TPSA) is 46.1 Å². The van der Waals surface area contributed by atoms with E-state index in [1.165, 1.54) is 5.56 Å². The quantitative estimate of drug-likeness (QED) is 0.751. The fourth-order valence-electron chi connectivity index (χ4n) is 3.32. The number of nitrogens with zero attached hydrogens (tertiary/aromatic N) is 2. The van der Waals surface area contributed by atoms with Crippen molar-refractivity contribution in [3.05, 3.63) is 90.0 Å². The van der Waals surface area contributed by atoms with Crippen molar-refractivity contribution in [3.63, 3.8) is 0 Å². The first-order chi connectivity index (χ1) is 11.7. The minimum Gasteiger partial charge on any atom is -0.388 e. The lowest BCUT2D eigenvalue weighted by Gasteiger charge is -2.16. The minimum atomic E-state index is -0.774. The van der Waals surface area contributed by atoms with Gasteiger partial charge in [0.25, 0.3) is 0 Å². The molecule has 0 amide bonds. The molecular formula is C20H19N2O2+. The average molecular weight is 319 g/mol. The van der Waals surface area contributed by atoms with Gasteiger partial charge in [-0.1, -0.05) is 30.3 Å². The van der Waals surface area contributed by atoms with Gasteiger partial charge in [-0.25, -0.2) is 4.57 Å². The third-order valence-corrected chi connectivity index (χ3v) is 4.66. The van der Waals surface area contributed by atoms with Crippen molar-refractivity contribution in [1.82, 2.24) is 4.57 Å². The molecule has 4 rings (SSSR count). The second-order valence-corrected chi connectivity index (χ2v) is 6.25. The van der Waals surface area contributed by atoms with Crippen LogP contribution in [0.3, 0.4) is 0 Å². The zero-order valence-electron chi connectivity index (χ0n) is 13.2. The van der Waals surface area contributed by atoms with Crippen LogP contribution < -0.4 is 4.57 Å². The first-order valence-corrected chi connectivity index (χ1v) is 8.13. The van der Waals surface area contributed by atoms with E-state index in [1.807, 2.05) is 65.6 Å². The number of aromatic nitrogens is 2. The van der Waals surface area contributed by atoms with Gasteiger partial charge in [0.2, 0.25) is 0 Å². The van der Waals surface area contributed by atoms with Gasteiger partial charge in [-0.2, -0.15) is 0 Å². The van der Waals surface area contributed by atoms with Crippen molar-refractivity contribution in [2.75, 3.05) is 0 Å². The second-order valence-electron chi connectivity index (χ2n) is 6.25. The van der Waals surface area contributed by atoms with Crippen LogP contribution in [-0.4, -0.2) is 15.5 Å². The Morgan fingerprint density at radius 1 is 1.08 bits per heavy atom. The van der Waals surface area contributed by atoms with Gasteiger partial charge in [-0.3, -0.25) is 4.79 Å². The van der Waals surface area contributed by atoms with Crippen LogP contribution in [0.15, 0.2) is 73.2 Å². The zero-order valence-corrected chi connectivity index (χ0v) is 13.2. The van der Waals surface area contributed by atoms with E-state index in [0.717, 1.165) is 12.1 Å². The van der Waals surface area contributed by atoms with Crippen LogP contribution in [0.5, 0.6) is 0 Å². The fourth-order valence-corrected chi connectivity index (χ4v) is 3.32. The normalized spacial score (nSPS) is 17.7. The molecule has 120 valence electrons. The summed E-state index contributed by atoms with van der Waals surface area (Å²) in [5.41, 5.74) is 2.69. The summed E-state index contributed by atoms with van der Waals surface area (Å²) in [5.74, 6) is -0.375. The van der Waals surface area contributed by atoms with E-state index >= 15 is 0 Å². The van der Waals surface area contributed by atoms with Crippen LogP contribution >= 0.6 is 0 Å². The predicted octanol–water partition coefficient (Wildman–Crippen LogP) is 2.37. The maximum atomic E-state index is 12.4. The van der Waals surface area contributed by atoms with E-state index in [9.17, 15) is 9.90 Å². The Hall–Kier alpha value is -2.72. The van der Waals surface area contributed by atoms with Crippen molar-refractivity contribution in [3.8, 4) is 0 Å². The molecule has 1 aliphatic heterocycles. The van der Waals surface area contributed by atoms with E-state index in [2.05, 4.69) is 16.7 Å². The van der Waals surface area contributed by atoms with Gasteiger partial charge < -0.3 is 9.67 Å². The van der Waals surface area contributed by atoms with Gasteiger partial charge in [-0.15, -0.1) is 0 Å².